The summed E-state index contributed by atoms with van der Waals surface area (Å²) in [6.07, 6.45) is 2.34. The Kier molecular flexibility index (Phi) is 6.23. The van der Waals surface area contributed by atoms with Crippen LogP contribution < -0.4 is 10.6 Å². The van der Waals surface area contributed by atoms with E-state index in [2.05, 4.69) is 10.6 Å². The highest BCUT2D eigenvalue weighted by Gasteiger charge is 2.11. The summed E-state index contributed by atoms with van der Waals surface area (Å²) in [5.74, 6) is -0.0727. The maximum atomic E-state index is 11.9. The average Bonchev–Trinajstić information content (AvgIpc) is 3.06. The number of benzene rings is 1. The topological polar surface area (TPSA) is 71.3 Å². The lowest BCUT2D eigenvalue weighted by Crippen LogP contribution is -2.28. The number of amides is 2. The van der Waals surface area contributed by atoms with Crippen molar-refractivity contribution in [2.75, 3.05) is 6.54 Å². The second kappa shape index (κ2) is 8.39. The van der Waals surface area contributed by atoms with Crippen molar-refractivity contribution in [2.24, 2.45) is 0 Å². The highest BCUT2D eigenvalue weighted by Crippen LogP contribution is 2.17. The van der Waals surface area contributed by atoms with Gasteiger partial charge in [0.15, 0.2) is 5.76 Å². The minimum Gasteiger partial charge on any atom is -0.459 e. The molecule has 0 fully saturated rings. The van der Waals surface area contributed by atoms with E-state index in [-0.39, 0.29) is 23.6 Å². The Morgan fingerprint density at radius 3 is 2.78 bits per heavy atom. The molecule has 0 aliphatic rings. The summed E-state index contributed by atoms with van der Waals surface area (Å²) in [5.41, 5.74) is 0.956. The largest absolute Gasteiger partial charge is 0.459 e. The highest BCUT2D eigenvalue weighted by molar-refractivity contribution is 6.30. The third-order valence-corrected chi connectivity index (χ3v) is 3.57. The third-order valence-electron chi connectivity index (χ3n) is 3.34. The molecule has 0 spiro atoms. The van der Waals surface area contributed by atoms with E-state index in [9.17, 15) is 9.59 Å². The van der Waals surface area contributed by atoms with Gasteiger partial charge in [0.05, 0.1) is 12.3 Å². The molecule has 2 aromatic rings. The van der Waals surface area contributed by atoms with Crippen LogP contribution in [-0.2, 0) is 4.79 Å². The molecule has 1 aromatic heterocycles. The van der Waals surface area contributed by atoms with Crippen LogP contribution in [0.3, 0.4) is 0 Å². The number of carbonyl (C=O) groups is 2. The van der Waals surface area contributed by atoms with Crippen LogP contribution in [0.5, 0.6) is 0 Å². The Hall–Kier alpha value is -2.27. The standard InChI is InChI=1S/C17H19ClN2O3/c1-12(13-5-2-6-14(18)11-13)20-16(21)8-3-9-19-17(22)15-7-4-10-23-15/h2,4-7,10-12H,3,8-9H2,1H3,(H,19,22)(H,20,21). The van der Waals surface area contributed by atoms with E-state index in [1.807, 2.05) is 25.1 Å². The van der Waals surface area contributed by atoms with Gasteiger partial charge in [0.1, 0.15) is 0 Å². The molecule has 0 saturated carbocycles. The molecule has 2 amide bonds. The Morgan fingerprint density at radius 1 is 1.26 bits per heavy atom. The molecule has 122 valence electrons. The predicted molar refractivity (Wildman–Crippen MR) is 88.3 cm³/mol. The van der Waals surface area contributed by atoms with Crippen LogP contribution in [0.2, 0.25) is 5.02 Å². The lowest BCUT2D eigenvalue weighted by molar-refractivity contribution is -0.121. The number of halogens is 1. The van der Waals surface area contributed by atoms with Crippen LogP contribution >= 0.6 is 11.6 Å². The van der Waals surface area contributed by atoms with Crippen LogP contribution in [0.15, 0.2) is 47.1 Å². The van der Waals surface area contributed by atoms with E-state index in [0.717, 1.165) is 5.56 Å². The van der Waals surface area contributed by atoms with Gasteiger partial charge in [0.25, 0.3) is 5.91 Å². The predicted octanol–water partition coefficient (Wildman–Crippen LogP) is 3.32. The van der Waals surface area contributed by atoms with Crippen molar-refractivity contribution < 1.29 is 14.0 Å². The summed E-state index contributed by atoms with van der Waals surface area (Å²) in [5, 5.41) is 6.26. The highest BCUT2D eigenvalue weighted by atomic mass is 35.5. The van der Waals surface area contributed by atoms with Gasteiger partial charge >= 0.3 is 0 Å². The fraction of sp³-hybridized carbons (Fsp3) is 0.294. The number of carbonyl (C=O) groups excluding carboxylic acids is 2. The summed E-state index contributed by atoms with van der Waals surface area (Å²) in [6.45, 7) is 2.32. The molecule has 2 rings (SSSR count). The first-order chi connectivity index (χ1) is 11.1. The monoisotopic (exact) mass is 334 g/mol. The maximum Gasteiger partial charge on any atom is 0.286 e. The van der Waals surface area contributed by atoms with Gasteiger partial charge in [-0.3, -0.25) is 9.59 Å². The Bertz CT molecular complexity index is 656. The smallest absolute Gasteiger partial charge is 0.286 e. The van der Waals surface area contributed by atoms with E-state index in [0.29, 0.717) is 24.4 Å². The van der Waals surface area contributed by atoms with Crippen molar-refractivity contribution in [2.45, 2.75) is 25.8 Å². The van der Waals surface area contributed by atoms with E-state index in [1.165, 1.54) is 6.26 Å². The number of rotatable bonds is 7. The maximum absolute atomic E-state index is 11.9. The molecule has 0 saturated heterocycles. The van der Waals surface area contributed by atoms with Crippen molar-refractivity contribution in [3.8, 4) is 0 Å². The van der Waals surface area contributed by atoms with E-state index < -0.39 is 0 Å². The molecule has 2 N–H and O–H groups in total. The lowest BCUT2D eigenvalue weighted by atomic mass is 10.1. The number of hydrogen-bond donors (Lipinski definition) is 2. The van der Waals surface area contributed by atoms with Gasteiger partial charge in [-0.05, 0) is 43.2 Å². The first kappa shape index (κ1) is 17.1. The first-order valence-corrected chi connectivity index (χ1v) is 7.80. The summed E-state index contributed by atoms with van der Waals surface area (Å²) in [7, 11) is 0. The average molecular weight is 335 g/mol. The Labute approximate surface area is 140 Å². The molecule has 0 radical (unpaired) electrons. The van der Waals surface area contributed by atoms with E-state index in [4.69, 9.17) is 16.0 Å². The fourth-order valence-corrected chi connectivity index (χ4v) is 2.32. The van der Waals surface area contributed by atoms with Gasteiger partial charge < -0.3 is 15.1 Å². The number of furan rings is 1. The van der Waals surface area contributed by atoms with Gasteiger partial charge in [-0.2, -0.15) is 0 Å². The lowest BCUT2D eigenvalue weighted by Gasteiger charge is -2.14. The zero-order chi connectivity index (χ0) is 16.7. The Morgan fingerprint density at radius 2 is 2.09 bits per heavy atom. The van der Waals surface area contributed by atoms with Crippen LogP contribution in [0, 0.1) is 0 Å². The fourth-order valence-electron chi connectivity index (χ4n) is 2.12. The van der Waals surface area contributed by atoms with Crippen molar-refractivity contribution in [1.82, 2.24) is 10.6 Å². The van der Waals surface area contributed by atoms with Crippen molar-refractivity contribution in [1.29, 1.82) is 0 Å². The minimum absolute atomic E-state index is 0.0651. The molecule has 0 bridgehead atoms. The van der Waals surface area contributed by atoms with Crippen LogP contribution in [0.25, 0.3) is 0 Å². The van der Waals surface area contributed by atoms with Gasteiger partial charge in [-0.1, -0.05) is 23.7 Å². The van der Waals surface area contributed by atoms with Gasteiger partial charge in [0, 0.05) is 18.0 Å². The van der Waals surface area contributed by atoms with E-state index in [1.54, 1.807) is 18.2 Å². The third kappa shape index (κ3) is 5.45. The summed E-state index contributed by atoms with van der Waals surface area (Å²) in [6, 6.07) is 10.5. The summed E-state index contributed by atoms with van der Waals surface area (Å²) < 4.78 is 4.98. The van der Waals surface area contributed by atoms with Crippen molar-refractivity contribution in [3.63, 3.8) is 0 Å². The molecular weight excluding hydrogens is 316 g/mol. The van der Waals surface area contributed by atoms with Gasteiger partial charge in [-0.15, -0.1) is 0 Å². The Balaban J connectivity index is 1.68. The second-order valence-electron chi connectivity index (χ2n) is 5.18. The summed E-state index contributed by atoms with van der Waals surface area (Å²) >= 11 is 5.94. The molecular formula is C17H19ClN2O3. The van der Waals surface area contributed by atoms with Gasteiger partial charge in [-0.25, -0.2) is 0 Å². The minimum atomic E-state index is -0.275. The van der Waals surface area contributed by atoms with Crippen molar-refractivity contribution >= 4 is 23.4 Å². The molecule has 0 aliphatic heterocycles. The van der Waals surface area contributed by atoms with Crippen LogP contribution in [0.1, 0.15) is 41.9 Å². The first-order valence-electron chi connectivity index (χ1n) is 7.43. The molecule has 1 heterocycles. The van der Waals surface area contributed by atoms with Crippen molar-refractivity contribution in [3.05, 3.63) is 59.0 Å². The normalized spacial score (nSPS) is 11.7. The summed E-state index contributed by atoms with van der Waals surface area (Å²) in [4.78, 5) is 23.5. The SMILES string of the molecule is CC(NC(=O)CCCNC(=O)c1ccco1)c1cccc(Cl)c1. The second-order valence-corrected chi connectivity index (χ2v) is 5.62. The molecule has 1 atom stereocenters. The van der Waals surface area contributed by atoms with Gasteiger partial charge in [0.2, 0.25) is 5.91 Å². The molecule has 23 heavy (non-hydrogen) atoms. The van der Waals surface area contributed by atoms with Crippen LogP contribution in [-0.4, -0.2) is 18.4 Å². The van der Waals surface area contributed by atoms with E-state index >= 15 is 0 Å². The zero-order valence-corrected chi connectivity index (χ0v) is 13.6. The number of nitrogens with one attached hydrogen (secondary N) is 2. The molecule has 0 aliphatic carbocycles. The molecule has 5 nitrogen and oxygen atoms in total. The number of hydrogen-bond acceptors (Lipinski definition) is 3. The quantitative estimate of drug-likeness (QED) is 0.763. The molecule has 6 heteroatoms. The zero-order valence-electron chi connectivity index (χ0n) is 12.8. The molecule has 1 unspecified atom stereocenters. The van der Waals surface area contributed by atoms with Crippen LogP contribution in [0.4, 0.5) is 0 Å². The molecule has 1 aromatic carbocycles.